The van der Waals surface area contributed by atoms with Crippen molar-refractivity contribution in [3.63, 3.8) is 0 Å². The van der Waals surface area contributed by atoms with Crippen molar-refractivity contribution in [3.8, 4) is 0 Å². The number of hydrogen-bond acceptors (Lipinski definition) is 2. The molecule has 15 heavy (non-hydrogen) atoms. The predicted octanol–water partition coefficient (Wildman–Crippen LogP) is 4.06. The van der Waals surface area contributed by atoms with Crippen LogP contribution in [0.3, 0.4) is 0 Å². The Labute approximate surface area is 93.7 Å². The lowest BCUT2D eigenvalue weighted by Gasteiger charge is -2.20. The third-order valence-electron chi connectivity index (χ3n) is 2.65. The molecule has 0 aliphatic heterocycles. The van der Waals surface area contributed by atoms with E-state index in [-0.39, 0.29) is 11.4 Å². The van der Waals surface area contributed by atoms with Crippen molar-refractivity contribution in [1.29, 1.82) is 0 Å². The van der Waals surface area contributed by atoms with Gasteiger partial charge >= 0.3 is 5.97 Å². The average Bonchev–Trinajstić information content (AvgIpc) is 2.18. The van der Waals surface area contributed by atoms with E-state index < -0.39 is 0 Å². The number of ether oxygens (including phenoxy) is 1. The Kier molecular flexibility index (Phi) is 7.10. The third-order valence-corrected chi connectivity index (χ3v) is 2.65. The van der Waals surface area contributed by atoms with E-state index in [4.69, 9.17) is 4.74 Å². The highest BCUT2D eigenvalue weighted by Crippen LogP contribution is 2.25. The summed E-state index contributed by atoms with van der Waals surface area (Å²) in [6, 6.07) is 0. The number of rotatable bonds is 8. The molecule has 0 spiro atoms. The molecule has 0 radical (unpaired) electrons. The molecule has 0 aliphatic carbocycles. The Balaban J connectivity index is 3.73. The molecule has 0 aromatic heterocycles. The fraction of sp³-hybridized carbons (Fsp3) is 0.769. The zero-order valence-corrected chi connectivity index (χ0v) is 10.3. The van der Waals surface area contributed by atoms with Crippen molar-refractivity contribution in [3.05, 3.63) is 12.8 Å². The van der Waals surface area contributed by atoms with Crippen molar-refractivity contribution in [2.75, 3.05) is 0 Å². The quantitative estimate of drug-likeness (QED) is 0.344. The fourth-order valence-electron chi connectivity index (χ4n) is 1.51. The van der Waals surface area contributed by atoms with Gasteiger partial charge in [0.1, 0.15) is 0 Å². The van der Waals surface area contributed by atoms with Crippen LogP contribution in [0.1, 0.15) is 59.3 Å². The van der Waals surface area contributed by atoms with Gasteiger partial charge in [0.25, 0.3) is 0 Å². The van der Waals surface area contributed by atoms with Gasteiger partial charge in [-0.2, -0.15) is 0 Å². The molecule has 0 fully saturated rings. The van der Waals surface area contributed by atoms with Crippen LogP contribution in [-0.2, 0) is 9.53 Å². The van der Waals surface area contributed by atoms with E-state index in [1.807, 2.05) is 13.8 Å². The first-order chi connectivity index (χ1) is 7.04. The van der Waals surface area contributed by atoms with E-state index in [9.17, 15) is 4.79 Å². The first-order valence-corrected chi connectivity index (χ1v) is 5.86. The van der Waals surface area contributed by atoms with Gasteiger partial charge in [-0.1, -0.05) is 45.6 Å². The van der Waals surface area contributed by atoms with E-state index >= 15 is 0 Å². The topological polar surface area (TPSA) is 26.3 Å². The van der Waals surface area contributed by atoms with Crippen LogP contribution in [0.2, 0.25) is 0 Å². The number of hydrogen-bond donors (Lipinski definition) is 0. The van der Waals surface area contributed by atoms with Crippen LogP contribution < -0.4 is 0 Å². The summed E-state index contributed by atoms with van der Waals surface area (Å²) in [5.41, 5.74) is -0.375. The van der Waals surface area contributed by atoms with Crippen LogP contribution in [0.15, 0.2) is 12.8 Å². The van der Waals surface area contributed by atoms with Crippen LogP contribution >= 0.6 is 0 Å². The fourth-order valence-corrected chi connectivity index (χ4v) is 1.51. The lowest BCUT2D eigenvalue weighted by atomic mass is 9.87. The van der Waals surface area contributed by atoms with E-state index in [2.05, 4.69) is 13.5 Å². The summed E-state index contributed by atoms with van der Waals surface area (Å²) in [4.78, 5) is 11.5. The molecule has 2 nitrogen and oxygen atoms in total. The molecular weight excluding hydrogens is 188 g/mol. The molecule has 0 saturated heterocycles. The second-order valence-electron chi connectivity index (χ2n) is 4.62. The normalized spacial score (nSPS) is 11.1. The number of carbonyl (C=O) groups excluding carboxylic acids is 1. The zero-order chi connectivity index (χ0) is 11.7. The third kappa shape index (κ3) is 6.32. The maximum Gasteiger partial charge on any atom is 0.316 e. The van der Waals surface area contributed by atoms with E-state index in [0.717, 1.165) is 12.8 Å². The van der Waals surface area contributed by atoms with E-state index in [0.29, 0.717) is 0 Å². The second kappa shape index (κ2) is 7.49. The summed E-state index contributed by atoms with van der Waals surface area (Å²) < 4.78 is 4.81. The van der Waals surface area contributed by atoms with Crippen molar-refractivity contribution in [2.45, 2.75) is 59.3 Å². The molecule has 0 atom stereocenters. The first kappa shape index (κ1) is 14.2. The molecule has 0 heterocycles. The number of unbranched alkanes of at least 4 members (excludes halogenated alkanes) is 4. The summed E-state index contributed by atoms with van der Waals surface area (Å²) >= 11 is 0. The van der Waals surface area contributed by atoms with E-state index in [1.165, 1.54) is 31.9 Å². The van der Waals surface area contributed by atoms with Gasteiger partial charge in [-0.05, 0) is 20.3 Å². The van der Waals surface area contributed by atoms with Gasteiger partial charge in [0, 0.05) is 0 Å². The van der Waals surface area contributed by atoms with Crippen LogP contribution in [-0.4, -0.2) is 5.97 Å². The molecule has 0 aliphatic rings. The van der Waals surface area contributed by atoms with Crippen LogP contribution in [0.5, 0.6) is 0 Å². The standard InChI is InChI=1S/C13H24O2/c1-5-7-8-9-10-11-13(3,4)12(14)15-6-2/h6H,2,5,7-11H2,1,3-4H3. The first-order valence-electron chi connectivity index (χ1n) is 5.86. The monoisotopic (exact) mass is 212 g/mol. The lowest BCUT2D eigenvalue weighted by molar-refractivity contribution is -0.148. The van der Waals surface area contributed by atoms with Gasteiger partial charge < -0.3 is 4.74 Å². The van der Waals surface area contributed by atoms with Crippen LogP contribution in [0.25, 0.3) is 0 Å². The van der Waals surface area contributed by atoms with Crippen LogP contribution in [0.4, 0.5) is 0 Å². The Morgan fingerprint density at radius 3 is 2.40 bits per heavy atom. The van der Waals surface area contributed by atoms with Gasteiger partial charge in [0.05, 0.1) is 11.7 Å². The van der Waals surface area contributed by atoms with Crippen molar-refractivity contribution in [2.24, 2.45) is 5.41 Å². The van der Waals surface area contributed by atoms with E-state index in [1.54, 1.807) is 0 Å². The van der Waals surface area contributed by atoms with Gasteiger partial charge in [-0.25, -0.2) is 0 Å². The molecule has 0 amide bonds. The highest BCUT2D eigenvalue weighted by atomic mass is 16.5. The van der Waals surface area contributed by atoms with Crippen molar-refractivity contribution >= 4 is 5.97 Å². The van der Waals surface area contributed by atoms with Crippen molar-refractivity contribution < 1.29 is 9.53 Å². The van der Waals surface area contributed by atoms with Crippen LogP contribution in [0, 0.1) is 5.41 Å². The Morgan fingerprint density at radius 1 is 1.27 bits per heavy atom. The summed E-state index contributed by atoms with van der Waals surface area (Å²) in [6.07, 6.45) is 8.21. The molecular formula is C13H24O2. The molecule has 0 N–H and O–H groups in total. The van der Waals surface area contributed by atoms with Gasteiger partial charge in [-0.15, -0.1) is 0 Å². The second-order valence-corrected chi connectivity index (χ2v) is 4.62. The summed E-state index contributed by atoms with van der Waals surface area (Å²) in [6.45, 7) is 9.45. The molecule has 0 aromatic carbocycles. The van der Waals surface area contributed by atoms with Gasteiger partial charge in [-0.3, -0.25) is 4.79 Å². The van der Waals surface area contributed by atoms with Gasteiger partial charge in [0.15, 0.2) is 0 Å². The summed E-state index contributed by atoms with van der Waals surface area (Å²) in [7, 11) is 0. The minimum absolute atomic E-state index is 0.173. The number of esters is 1. The lowest BCUT2D eigenvalue weighted by Crippen LogP contribution is -2.25. The minimum atomic E-state index is -0.375. The molecule has 0 saturated carbocycles. The smallest absolute Gasteiger partial charge is 0.316 e. The Morgan fingerprint density at radius 2 is 1.87 bits per heavy atom. The zero-order valence-electron chi connectivity index (χ0n) is 10.3. The highest BCUT2D eigenvalue weighted by Gasteiger charge is 2.28. The molecule has 0 unspecified atom stereocenters. The molecule has 2 heteroatoms. The summed E-state index contributed by atoms with van der Waals surface area (Å²) in [5, 5.41) is 0. The highest BCUT2D eigenvalue weighted by molar-refractivity contribution is 5.76. The maximum atomic E-state index is 11.5. The Bertz CT molecular complexity index is 195. The Hall–Kier alpha value is -0.790. The SMILES string of the molecule is C=COC(=O)C(C)(C)CCCCCCC. The molecule has 88 valence electrons. The van der Waals surface area contributed by atoms with Gasteiger partial charge in [0.2, 0.25) is 0 Å². The molecule has 0 bridgehead atoms. The average molecular weight is 212 g/mol. The minimum Gasteiger partial charge on any atom is -0.435 e. The largest absolute Gasteiger partial charge is 0.435 e. The molecule has 0 rings (SSSR count). The molecule has 0 aromatic rings. The van der Waals surface area contributed by atoms with Crippen molar-refractivity contribution in [1.82, 2.24) is 0 Å². The maximum absolute atomic E-state index is 11.5. The summed E-state index contributed by atoms with van der Waals surface area (Å²) in [5.74, 6) is -0.173. The number of carbonyl (C=O) groups is 1. The predicted molar refractivity (Wildman–Crippen MR) is 63.4 cm³/mol.